The van der Waals surface area contributed by atoms with Crippen LogP contribution in [-0.2, 0) is 16.6 Å². The molecule has 4 N–H and O–H groups in total. The van der Waals surface area contributed by atoms with E-state index in [1.54, 1.807) is 19.1 Å². The summed E-state index contributed by atoms with van der Waals surface area (Å²) in [4.78, 5) is 4.20. The van der Waals surface area contributed by atoms with Gasteiger partial charge in [-0.25, -0.2) is 13.6 Å². The summed E-state index contributed by atoms with van der Waals surface area (Å²) in [5.74, 6) is 0.587. The Bertz CT molecular complexity index is 768. The number of rotatable bonds is 4. The summed E-state index contributed by atoms with van der Waals surface area (Å²) >= 11 is 4.90. The lowest BCUT2D eigenvalue weighted by molar-refractivity contribution is 0.598. The maximum atomic E-state index is 11.1. The molecule has 0 fully saturated rings. The van der Waals surface area contributed by atoms with Crippen LogP contribution >= 0.6 is 12.2 Å². The van der Waals surface area contributed by atoms with Gasteiger partial charge in [0, 0.05) is 6.54 Å². The molecule has 1 aromatic carbocycles. The number of aryl methyl sites for hydroxylation is 1. The van der Waals surface area contributed by atoms with E-state index in [0.717, 1.165) is 5.56 Å². The third kappa shape index (κ3) is 3.59. The number of hydrogen-bond donors (Lipinski definition) is 3. The van der Waals surface area contributed by atoms with Gasteiger partial charge in [-0.1, -0.05) is 12.1 Å². The summed E-state index contributed by atoms with van der Waals surface area (Å²) in [5, 5.41) is 14.7. The van der Waals surface area contributed by atoms with E-state index in [1.807, 2.05) is 0 Å². The number of aromatic amines is 1. The highest BCUT2D eigenvalue weighted by Crippen LogP contribution is 2.11. The van der Waals surface area contributed by atoms with Crippen LogP contribution in [0.15, 0.2) is 29.2 Å². The van der Waals surface area contributed by atoms with Crippen LogP contribution in [0, 0.1) is 11.7 Å². The van der Waals surface area contributed by atoms with E-state index in [2.05, 4.69) is 20.5 Å². The van der Waals surface area contributed by atoms with Crippen molar-refractivity contribution < 1.29 is 8.42 Å². The zero-order valence-electron chi connectivity index (χ0n) is 10.6. The zero-order chi connectivity index (χ0) is 14.8. The standard InChI is InChI=1S/C11H13N5O2S2/c1-7-10(14-11(19)16-15-7)13-6-8-2-4-9(5-3-8)20(12,17)18/h2-5H,6H2,1H3,(H2,12,17,18)(H2,13,14,16,19). The second-order valence-electron chi connectivity index (χ2n) is 4.12. The maximum Gasteiger partial charge on any atom is 0.238 e. The Kier molecular flexibility index (Phi) is 4.12. The fourth-order valence-electron chi connectivity index (χ4n) is 1.54. The lowest BCUT2D eigenvalue weighted by atomic mass is 10.2. The second-order valence-corrected chi connectivity index (χ2v) is 6.07. The average Bonchev–Trinajstić information content (AvgIpc) is 2.39. The van der Waals surface area contributed by atoms with Crippen molar-refractivity contribution in [3.63, 3.8) is 0 Å². The van der Waals surface area contributed by atoms with Crippen molar-refractivity contribution in [3.8, 4) is 0 Å². The molecular formula is C11H13N5O2S2. The first kappa shape index (κ1) is 14.6. The Morgan fingerprint density at radius 3 is 2.60 bits per heavy atom. The first-order valence-electron chi connectivity index (χ1n) is 5.65. The number of nitrogens with one attached hydrogen (secondary N) is 2. The predicted octanol–water partition coefficient (Wildman–Crippen LogP) is 1.10. The van der Waals surface area contributed by atoms with Gasteiger partial charge in [0.25, 0.3) is 0 Å². The van der Waals surface area contributed by atoms with Crippen molar-refractivity contribution in [1.29, 1.82) is 0 Å². The molecule has 20 heavy (non-hydrogen) atoms. The van der Waals surface area contributed by atoms with Crippen LogP contribution in [0.5, 0.6) is 0 Å². The first-order chi connectivity index (χ1) is 9.36. The fourth-order valence-corrected chi connectivity index (χ4v) is 2.19. The van der Waals surface area contributed by atoms with E-state index in [0.29, 0.717) is 22.8 Å². The fraction of sp³-hybridized carbons (Fsp3) is 0.182. The molecule has 0 saturated carbocycles. The van der Waals surface area contributed by atoms with Gasteiger partial charge in [-0.05, 0) is 36.8 Å². The van der Waals surface area contributed by atoms with Crippen molar-refractivity contribution in [3.05, 3.63) is 40.3 Å². The molecule has 106 valence electrons. The average molecular weight is 311 g/mol. The minimum absolute atomic E-state index is 0.0828. The molecule has 9 heteroatoms. The Morgan fingerprint density at radius 1 is 1.35 bits per heavy atom. The number of anilines is 1. The number of primary sulfonamides is 1. The summed E-state index contributed by atoms with van der Waals surface area (Å²) in [6.07, 6.45) is 0. The van der Waals surface area contributed by atoms with Crippen LogP contribution in [0.2, 0.25) is 0 Å². The third-order valence-electron chi connectivity index (χ3n) is 2.59. The molecule has 0 aliphatic rings. The minimum Gasteiger partial charge on any atom is -0.364 e. The third-order valence-corrected chi connectivity index (χ3v) is 3.70. The maximum absolute atomic E-state index is 11.1. The number of nitrogens with zero attached hydrogens (tertiary/aromatic N) is 2. The molecule has 1 heterocycles. The van der Waals surface area contributed by atoms with Gasteiger partial charge in [-0.15, -0.1) is 0 Å². The number of nitrogens with two attached hydrogens (primary N) is 1. The highest BCUT2D eigenvalue weighted by molar-refractivity contribution is 7.89. The van der Waals surface area contributed by atoms with E-state index in [-0.39, 0.29) is 4.90 Å². The minimum atomic E-state index is -3.66. The van der Waals surface area contributed by atoms with Gasteiger partial charge in [-0.3, -0.25) is 5.10 Å². The molecule has 0 spiro atoms. The molecule has 0 amide bonds. The summed E-state index contributed by atoms with van der Waals surface area (Å²) in [7, 11) is -3.66. The molecule has 0 bridgehead atoms. The molecule has 0 aliphatic heterocycles. The van der Waals surface area contributed by atoms with Crippen molar-refractivity contribution in [1.82, 2.24) is 15.2 Å². The van der Waals surface area contributed by atoms with Gasteiger partial charge in [0.2, 0.25) is 14.8 Å². The highest BCUT2D eigenvalue weighted by Gasteiger charge is 2.07. The van der Waals surface area contributed by atoms with Gasteiger partial charge >= 0.3 is 0 Å². The Morgan fingerprint density at radius 2 is 2.00 bits per heavy atom. The van der Waals surface area contributed by atoms with Gasteiger partial charge < -0.3 is 5.32 Å². The van der Waals surface area contributed by atoms with Crippen LogP contribution < -0.4 is 10.5 Å². The number of aromatic nitrogens is 3. The Balaban J connectivity index is 2.12. The molecule has 0 aliphatic carbocycles. The highest BCUT2D eigenvalue weighted by atomic mass is 32.2. The van der Waals surface area contributed by atoms with E-state index in [1.165, 1.54) is 12.1 Å². The Hall–Kier alpha value is -1.84. The number of H-pyrrole nitrogens is 1. The lowest BCUT2D eigenvalue weighted by Gasteiger charge is -2.07. The number of benzene rings is 1. The van der Waals surface area contributed by atoms with Crippen molar-refractivity contribution in [2.45, 2.75) is 18.4 Å². The summed E-state index contributed by atoms with van der Waals surface area (Å²) < 4.78 is 22.6. The summed E-state index contributed by atoms with van der Waals surface area (Å²) in [5.41, 5.74) is 1.58. The van der Waals surface area contributed by atoms with Gasteiger partial charge in [0.05, 0.1) is 10.6 Å². The normalized spacial score (nSPS) is 11.3. The molecule has 0 radical (unpaired) electrons. The number of hydrogen-bond acceptors (Lipinski definition) is 6. The second kappa shape index (κ2) is 5.65. The van der Waals surface area contributed by atoms with Crippen LogP contribution in [0.3, 0.4) is 0 Å². The van der Waals surface area contributed by atoms with Gasteiger partial charge in [-0.2, -0.15) is 10.1 Å². The smallest absolute Gasteiger partial charge is 0.238 e. The molecule has 0 unspecified atom stereocenters. The van der Waals surface area contributed by atoms with Crippen LogP contribution in [0.4, 0.5) is 5.82 Å². The molecule has 0 atom stereocenters. The van der Waals surface area contributed by atoms with Crippen molar-refractivity contribution in [2.75, 3.05) is 5.32 Å². The molecular weight excluding hydrogens is 298 g/mol. The van der Waals surface area contributed by atoms with Crippen LogP contribution in [-0.4, -0.2) is 23.6 Å². The summed E-state index contributed by atoms with van der Waals surface area (Å²) in [6.45, 7) is 2.27. The first-order valence-corrected chi connectivity index (χ1v) is 7.60. The lowest BCUT2D eigenvalue weighted by Crippen LogP contribution is -2.12. The molecule has 2 aromatic rings. The topological polar surface area (TPSA) is 114 Å². The monoisotopic (exact) mass is 311 g/mol. The molecule has 1 aromatic heterocycles. The Labute approximate surface area is 121 Å². The van der Waals surface area contributed by atoms with Crippen molar-refractivity contribution >= 4 is 28.1 Å². The molecule has 2 rings (SSSR count). The van der Waals surface area contributed by atoms with E-state index < -0.39 is 10.0 Å². The van der Waals surface area contributed by atoms with Crippen LogP contribution in [0.25, 0.3) is 0 Å². The largest absolute Gasteiger partial charge is 0.364 e. The van der Waals surface area contributed by atoms with Crippen molar-refractivity contribution in [2.24, 2.45) is 5.14 Å². The van der Waals surface area contributed by atoms with E-state index in [9.17, 15) is 8.42 Å². The molecule has 0 saturated heterocycles. The van der Waals surface area contributed by atoms with Crippen LogP contribution in [0.1, 0.15) is 11.3 Å². The van der Waals surface area contributed by atoms with Gasteiger partial charge in [0.15, 0.2) is 5.82 Å². The number of sulfonamides is 1. The quantitative estimate of drug-likeness (QED) is 0.729. The SMILES string of the molecule is Cc1n[nH]c(=S)nc1NCc1ccc(S(N)(=O)=O)cc1. The molecule has 7 nitrogen and oxygen atoms in total. The van der Waals surface area contributed by atoms with E-state index >= 15 is 0 Å². The van der Waals surface area contributed by atoms with E-state index in [4.69, 9.17) is 17.4 Å². The summed E-state index contributed by atoms with van der Waals surface area (Å²) in [6, 6.07) is 6.28. The van der Waals surface area contributed by atoms with Gasteiger partial charge in [0.1, 0.15) is 0 Å². The predicted molar refractivity (Wildman–Crippen MR) is 77.1 cm³/mol. The zero-order valence-corrected chi connectivity index (χ0v) is 12.3.